The molecule has 0 aliphatic rings. The van der Waals surface area contributed by atoms with Crippen LogP contribution in [0.4, 0.5) is 0 Å². The van der Waals surface area contributed by atoms with E-state index in [1.807, 2.05) is 18.2 Å². The van der Waals surface area contributed by atoms with Crippen molar-refractivity contribution in [2.75, 3.05) is 0 Å². The van der Waals surface area contributed by atoms with Gasteiger partial charge >= 0.3 is 0 Å². The molecule has 0 fully saturated rings. The minimum atomic E-state index is -1.83. The van der Waals surface area contributed by atoms with Crippen molar-refractivity contribution in [3.63, 3.8) is 0 Å². The Kier molecular flexibility index (Phi) is 8.00. The third-order valence-corrected chi connectivity index (χ3v) is 5.75. The van der Waals surface area contributed by atoms with Crippen LogP contribution in [0.2, 0.25) is 65.0 Å². The molecular formula is C19H35O3Si4. The summed E-state index contributed by atoms with van der Waals surface area (Å²) in [5.41, 5.74) is 1.01. The molecule has 0 aliphatic heterocycles. The zero-order chi connectivity index (χ0) is 20.2. The molecule has 1 rings (SSSR count). The first-order valence-corrected chi connectivity index (χ1v) is 20.2. The van der Waals surface area contributed by atoms with Crippen LogP contribution in [0.5, 0.6) is 5.75 Å². The smallest absolute Gasteiger partial charge is 0.242 e. The van der Waals surface area contributed by atoms with E-state index in [4.69, 9.17) is 13.3 Å². The molecule has 0 spiro atoms. The van der Waals surface area contributed by atoms with Crippen molar-refractivity contribution < 1.29 is 13.3 Å². The molecule has 0 aliphatic carbocycles. The SMILES string of the molecule is C[Si](C)(C)OC(CC[Si])=C(O[Si](C)(C)C)c1ccccc1O[Si](C)(C)C. The second-order valence-corrected chi connectivity index (χ2v) is 23.2. The van der Waals surface area contributed by atoms with Crippen LogP contribution >= 0.6 is 0 Å². The Morgan fingerprint density at radius 3 is 1.81 bits per heavy atom. The Bertz CT molecular complexity index is 623. The summed E-state index contributed by atoms with van der Waals surface area (Å²) < 4.78 is 19.4. The third-order valence-electron chi connectivity index (χ3n) is 2.99. The van der Waals surface area contributed by atoms with Gasteiger partial charge in [-0.25, -0.2) is 0 Å². The Morgan fingerprint density at radius 1 is 0.808 bits per heavy atom. The van der Waals surface area contributed by atoms with Gasteiger partial charge in [-0.05, 0) is 71.1 Å². The van der Waals surface area contributed by atoms with Crippen LogP contribution in [0, 0.1) is 0 Å². The van der Waals surface area contributed by atoms with Crippen molar-refractivity contribution in [1.29, 1.82) is 0 Å². The molecule has 0 saturated carbocycles. The van der Waals surface area contributed by atoms with E-state index < -0.39 is 25.0 Å². The summed E-state index contributed by atoms with van der Waals surface area (Å²) in [6, 6.07) is 9.02. The van der Waals surface area contributed by atoms with E-state index in [9.17, 15) is 0 Å². The maximum absolute atomic E-state index is 6.57. The minimum absolute atomic E-state index is 0.794. The monoisotopic (exact) mass is 423 g/mol. The summed E-state index contributed by atoms with van der Waals surface area (Å²) in [7, 11) is -1.72. The second kappa shape index (κ2) is 8.94. The number of allylic oxidation sites excluding steroid dienone is 1. The first-order chi connectivity index (χ1) is 11.7. The molecule has 3 nitrogen and oxygen atoms in total. The molecule has 0 heterocycles. The van der Waals surface area contributed by atoms with Crippen LogP contribution in [0.1, 0.15) is 12.0 Å². The Hall–Kier alpha value is -0.772. The average Bonchev–Trinajstić information content (AvgIpc) is 2.41. The van der Waals surface area contributed by atoms with E-state index >= 15 is 0 Å². The lowest BCUT2D eigenvalue weighted by molar-refractivity contribution is 0.378. The molecule has 0 N–H and O–H groups in total. The molecular weight excluding hydrogens is 389 g/mol. The van der Waals surface area contributed by atoms with Crippen molar-refractivity contribution in [1.82, 2.24) is 0 Å². The highest BCUT2D eigenvalue weighted by molar-refractivity contribution is 6.71. The van der Waals surface area contributed by atoms with E-state index in [1.165, 1.54) is 0 Å². The molecule has 0 atom stereocenters. The summed E-state index contributed by atoms with van der Waals surface area (Å²) in [6.45, 7) is 19.8. The summed E-state index contributed by atoms with van der Waals surface area (Å²) in [6.07, 6.45) is 0.794. The zero-order valence-electron chi connectivity index (χ0n) is 17.9. The van der Waals surface area contributed by atoms with Crippen LogP contribution in [0.15, 0.2) is 30.0 Å². The van der Waals surface area contributed by atoms with Gasteiger partial charge in [-0.3, -0.25) is 0 Å². The molecule has 1 aromatic rings. The highest BCUT2D eigenvalue weighted by atomic mass is 28.4. The lowest BCUT2D eigenvalue weighted by Crippen LogP contribution is -2.31. The Morgan fingerprint density at radius 2 is 1.35 bits per heavy atom. The minimum Gasteiger partial charge on any atom is -0.545 e. The van der Waals surface area contributed by atoms with Crippen LogP contribution in [0.3, 0.4) is 0 Å². The van der Waals surface area contributed by atoms with E-state index in [0.29, 0.717) is 0 Å². The van der Waals surface area contributed by atoms with Gasteiger partial charge in [-0.15, -0.1) is 0 Å². The first-order valence-electron chi connectivity index (χ1n) is 9.26. The zero-order valence-corrected chi connectivity index (χ0v) is 21.9. The van der Waals surface area contributed by atoms with Gasteiger partial charge in [-0.1, -0.05) is 18.2 Å². The Labute approximate surface area is 167 Å². The lowest BCUT2D eigenvalue weighted by Gasteiger charge is -2.30. The topological polar surface area (TPSA) is 27.7 Å². The van der Waals surface area contributed by atoms with E-state index in [-0.39, 0.29) is 0 Å². The van der Waals surface area contributed by atoms with Crippen molar-refractivity contribution in [2.45, 2.75) is 71.4 Å². The average molecular weight is 424 g/mol. The molecule has 145 valence electrons. The molecule has 7 heteroatoms. The van der Waals surface area contributed by atoms with Gasteiger partial charge in [0.25, 0.3) is 0 Å². The van der Waals surface area contributed by atoms with Crippen LogP contribution in [0.25, 0.3) is 5.76 Å². The summed E-state index contributed by atoms with van der Waals surface area (Å²) in [5.74, 6) is 2.69. The predicted molar refractivity (Wildman–Crippen MR) is 121 cm³/mol. The number of para-hydroxylation sites is 1. The summed E-state index contributed by atoms with van der Waals surface area (Å²) >= 11 is 0. The standard InChI is InChI=1S/C19H35O3Si4/c1-24(2,3)20-17-13-11-10-12-16(17)19(22-26(7,8)9)18(14-15-23)21-25(4,5)6/h10-13H,14-15H2,1-9H3. The molecule has 0 saturated heterocycles. The Balaban J connectivity index is 3.58. The molecule has 0 amide bonds. The molecule has 0 aromatic heterocycles. The number of hydrogen-bond donors (Lipinski definition) is 0. The maximum Gasteiger partial charge on any atom is 0.242 e. The number of rotatable bonds is 9. The fourth-order valence-corrected chi connectivity index (χ4v) is 5.17. The van der Waals surface area contributed by atoms with Crippen LogP contribution in [-0.4, -0.2) is 35.2 Å². The normalized spacial score (nSPS) is 13.9. The van der Waals surface area contributed by atoms with Crippen molar-refractivity contribution in [3.05, 3.63) is 35.6 Å². The van der Waals surface area contributed by atoms with E-state index in [1.54, 1.807) is 0 Å². The van der Waals surface area contributed by atoms with Gasteiger partial charge in [-0.2, -0.15) is 0 Å². The van der Waals surface area contributed by atoms with Gasteiger partial charge in [0.15, 0.2) is 5.76 Å². The van der Waals surface area contributed by atoms with Gasteiger partial charge < -0.3 is 13.3 Å². The van der Waals surface area contributed by atoms with Crippen LogP contribution in [-0.2, 0) is 8.85 Å². The lowest BCUT2D eigenvalue weighted by atomic mass is 10.1. The number of hydrogen-bond acceptors (Lipinski definition) is 3. The number of benzene rings is 1. The van der Waals surface area contributed by atoms with Gasteiger partial charge in [0, 0.05) is 16.7 Å². The van der Waals surface area contributed by atoms with Crippen molar-refractivity contribution >= 4 is 41.0 Å². The first kappa shape index (κ1) is 23.3. The molecule has 26 heavy (non-hydrogen) atoms. The highest BCUT2D eigenvalue weighted by Crippen LogP contribution is 2.35. The summed E-state index contributed by atoms with van der Waals surface area (Å²) in [4.78, 5) is 0. The van der Waals surface area contributed by atoms with E-state index in [0.717, 1.165) is 35.3 Å². The van der Waals surface area contributed by atoms with Crippen LogP contribution < -0.4 is 4.43 Å². The van der Waals surface area contributed by atoms with Crippen molar-refractivity contribution in [2.24, 2.45) is 0 Å². The predicted octanol–water partition coefficient (Wildman–Crippen LogP) is 6.25. The molecule has 0 unspecified atom stereocenters. The highest BCUT2D eigenvalue weighted by Gasteiger charge is 2.28. The third kappa shape index (κ3) is 8.74. The fraction of sp³-hybridized carbons (Fsp3) is 0.579. The molecule has 1 aromatic carbocycles. The maximum atomic E-state index is 6.57. The van der Waals surface area contributed by atoms with Gasteiger partial charge in [0.2, 0.25) is 25.0 Å². The fourth-order valence-electron chi connectivity index (χ4n) is 2.34. The van der Waals surface area contributed by atoms with E-state index in [2.05, 4.69) is 75.2 Å². The van der Waals surface area contributed by atoms with Gasteiger partial charge in [0.1, 0.15) is 11.5 Å². The van der Waals surface area contributed by atoms with Crippen molar-refractivity contribution in [3.8, 4) is 5.75 Å². The molecule has 0 bridgehead atoms. The quantitative estimate of drug-likeness (QED) is 0.347. The second-order valence-electron chi connectivity index (χ2n) is 9.39. The van der Waals surface area contributed by atoms with Gasteiger partial charge in [0.05, 0.1) is 5.56 Å². The summed E-state index contributed by atoms with van der Waals surface area (Å²) in [5, 5.41) is 0. The molecule has 3 radical (unpaired) electrons. The largest absolute Gasteiger partial charge is 0.545 e.